The Labute approximate surface area is 93.2 Å². The maximum Gasteiger partial charge on any atom is 0.269 e. The summed E-state index contributed by atoms with van der Waals surface area (Å²) in [4.78, 5) is 10.0. The van der Waals surface area contributed by atoms with Gasteiger partial charge in [-0.15, -0.1) is 0 Å². The standard InChI is InChI=1S/C10H14N2O2S/c1-15-7-6-11-8-9-2-4-10(5-3-9)12(13)14/h2-5,11H,6-8H2,1H3. The van der Waals surface area contributed by atoms with Crippen LogP contribution < -0.4 is 5.32 Å². The van der Waals surface area contributed by atoms with Crippen LogP contribution >= 0.6 is 11.8 Å². The number of rotatable bonds is 6. The van der Waals surface area contributed by atoms with Gasteiger partial charge in [0.05, 0.1) is 4.92 Å². The number of thioether (sulfide) groups is 1. The molecule has 0 radical (unpaired) electrons. The van der Waals surface area contributed by atoms with Crippen molar-refractivity contribution in [2.24, 2.45) is 0 Å². The fraction of sp³-hybridized carbons (Fsp3) is 0.400. The maximum atomic E-state index is 10.4. The van der Waals surface area contributed by atoms with E-state index in [9.17, 15) is 10.1 Å². The molecule has 4 nitrogen and oxygen atoms in total. The number of nitro benzene ring substituents is 1. The van der Waals surface area contributed by atoms with Gasteiger partial charge in [0.1, 0.15) is 0 Å². The summed E-state index contributed by atoms with van der Waals surface area (Å²) in [7, 11) is 0. The molecule has 0 aliphatic rings. The minimum Gasteiger partial charge on any atom is -0.312 e. The highest BCUT2D eigenvalue weighted by molar-refractivity contribution is 7.98. The van der Waals surface area contributed by atoms with Crippen molar-refractivity contribution in [1.82, 2.24) is 5.32 Å². The third-order valence-electron chi connectivity index (χ3n) is 1.96. The van der Waals surface area contributed by atoms with E-state index >= 15 is 0 Å². The van der Waals surface area contributed by atoms with Crippen LogP contribution in [0.5, 0.6) is 0 Å². The highest BCUT2D eigenvalue weighted by Gasteiger charge is 2.02. The molecule has 5 heteroatoms. The molecule has 15 heavy (non-hydrogen) atoms. The summed E-state index contributed by atoms with van der Waals surface area (Å²) in [5.74, 6) is 1.08. The Morgan fingerprint density at radius 1 is 1.40 bits per heavy atom. The molecule has 1 rings (SSSR count). The first-order chi connectivity index (χ1) is 7.24. The van der Waals surface area contributed by atoms with E-state index in [0.717, 1.165) is 24.4 Å². The number of nitro groups is 1. The molecule has 1 aromatic rings. The summed E-state index contributed by atoms with van der Waals surface area (Å²) in [5, 5.41) is 13.7. The molecule has 1 aromatic carbocycles. The number of hydrogen-bond donors (Lipinski definition) is 1. The average Bonchev–Trinajstić information content (AvgIpc) is 2.25. The fourth-order valence-electron chi connectivity index (χ4n) is 1.14. The number of non-ortho nitro benzene ring substituents is 1. The zero-order chi connectivity index (χ0) is 11.1. The van der Waals surface area contributed by atoms with Crippen LogP contribution in [-0.4, -0.2) is 23.5 Å². The van der Waals surface area contributed by atoms with Crippen molar-refractivity contribution in [2.75, 3.05) is 18.6 Å². The second-order valence-corrected chi connectivity index (χ2v) is 4.08. The van der Waals surface area contributed by atoms with E-state index in [0.29, 0.717) is 0 Å². The van der Waals surface area contributed by atoms with Gasteiger partial charge >= 0.3 is 0 Å². The van der Waals surface area contributed by atoms with Gasteiger partial charge in [-0.3, -0.25) is 10.1 Å². The molecule has 0 bridgehead atoms. The Kier molecular flexibility index (Phi) is 5.14. The first-order valence-electron chi connectivity index (χ1n) is 4.67. The van der Waals surface area contributed by atoms with E-state index in [1.165, 1.54) is 12.1 Å². The minimum absolute atomic E-state index is 0.142. The van der Waals surface area contributed by atoms with Gasteiger partial charge in [0.25, 0.3) is 5.69 Å². The van der Waals surface area contributed by atoms with Crippen molar-refractivity contribution in [3.05, 3.63) is 39.9 Å². The minimum atomic E-state index is -0.384. The monoisotopic (exact) mass is 226 g/mol. The summed E-state index contributed by atoms with van der Waals surface area (Å²) in [6.07, 6.45) is 2.06. The van der Waals surface area contributed by atoms with Gasteiger partial charge in [-0.25, -0.2) is 0 Å². The van der Waals surface area contributed by atoms with E-state index in [-0.39, 0.29) is 10.6 Å². The predicted molar refractivity (Wildman–Crippen MR) is 63.2 cm³/mol. The van der Waals surface area contributed by atoms with Crippen molar-refractivity contribution >= 4 is 17.4 Å². The van der Waals surface area contributed by atoms with E-state index in [4.69, 9.17) is 0 Å². The van der Waals surface area contributed by atoms with Crippen molar-refractivity contribution in [3.63, 3.8) is 0 Å². The summed E-state index contributed by atoms with van der Waals surface area (Å²) < 4.78 is 0. The first-order valence-corrected chi connectivity index (χ1v) is 6.06. The molecule has 0 saturated heterocycles. The highest BCUT2D eigenvalue weighted by Crippen LogP contribution is 2.11. The molecule has 0 aromatic heterocycles. The Morgan fingerprint density at radius 2 is 2.07 bits per heavy atom. The Morgan fingerprint density at radius 3 is 2.60 bits per heavy atom. The van der Waals surface area contributed by atoms with Crippen molar-refractivity contribution < 1.29 is 4.92 Å². The van der Waals surface area contributed by atoms with E-state index < -0.39 is 0 Å². The molecule has 0 unspecified atom stereocenters. The zero-order valence-corrected chi connectivity index (χ0v) is 9.42. The van der Waals surface area contributed by atoms with Crippen LogP contribution in [0.15, 0.2) is 24.3 Å². The average molecular weight is 226 g/mol. The molecule has 1 N–H and O–H groups in total. The molecule has 0 fully saturated rings. The summed E-state index contributed by atoms with van der Waals surface area (Å²) in [6, 6.07) is 6.63. The van der Waals surface area contributed by atoms with Gasteiger partial charge in [-0.05, 0) is 11.8 Å². The zero-order valence-electron chi connectivity index (χ0n) is 8.60. The summed E-state index contributed by atoms with van der Waals surface area (Å²) in [5.41, 5.74) is 1.21. The Balaban J connectivity index is 2.39. The van der Waals surface area contributed by atoms with Gasteiger partial charge in [-0.2, -0.15) is 11.8 Å². The van der Waals surface area contributed by atoms with Crippen molar-refractivity contribution in [3.8, 4) is 0 Å². The number of hydrogen-bond acceptors (Lipinski definition) is 4. The smallest absolute Gasteiger partial charge is 0.269 e. The second kappa shape index (κ2) is 6.42. The van der Waals surface area contributed by atoms with E-state index in [2.05, 4.69) is 11.6 Å². The number of nitrogens with one attached hydrogen (secondary N) is 1. The third-order valence-corrected chi connectivity index (χ3v) is 2.57. The van der Waals surface area contributed by atoms with Crippen molar-refractivity contribution in [1.29, 1.82) is 0 Å². The van der Waals surface area contributed by atoms with Gasteiger partial charge in [0.15, 0.2) is 0 Å². The second-order valence-electron chi connectivity index (χ2n) is 3.09. The van der Waals surface area contributed by atoms with Crippen LogP contribution in [0.25, 0.3) is 0 Å². The number of benzene rings is 1. The molecule has 0 atom stereocenters. The molecule has 0 amide bonds. The predicted octanol–water partition coefficient (Wildman–Crippen LogP) is 2.05. The molecule has 0 saturated carbocycles. The Bertz CT molecular complexity index is 314. The van der Waals surface area contributed by atoms with Gasteiger partial charge in [0.2, 0.25) is 0 Å². The van der Waals surface area contributed by atoms with Crippen LogP contribution in [0.3, 0.4) is 0 Å². The van der Waals surface area contributed by atoms with Gasteiger partial charge in [-0.1, -0.05) is 12.1 Å². The summed E-state index contributed by atoms with van der Waals surface area (Å²) in [6.45, 7) is 1.72. The summed E-state index contributed by atoms with van der Waals surface area (Å²) >= 11 is 1.79. The lowest BCUT2D eigenvalue weighted by Crippen LogP contribution is -2.16. The van der Waals surface area contributed by atoms with Crippen LogP contribution in [-0.2, 0) is 6.54 Å². The van der Waals surface area contributed by atoms with Gasteiger partial charge < -0.3 is 5.32 Å². The highest BCUT2D eigenvalue weighted by atomic mass is 32.2. The lowest BCUT2D eigenvalue weighted by molar-refractivity contribution is -0.384. The van der Waals surface area contributed by atoms with E-state index in [1.54, 1.807) is 23.9 Å². The molecule has 0 aliphatic carbocycles. The Hall–Kier alpha value is -1.07. The van der Waals surface area contributed by atoms with Crippen LogP contribution in [0.4, 0.5) is 5.69 Å². The third kappa shape index (κ3) is 4.31. The van der Waals surface area contributed by atoms with Crippen LogP contribution in [0.1, 0.15) is 5.56 Å². The number of nitrogens with zero attached hydrogens (tertiary/aromatic N) is 1. The first kappa shape index (κ1) is 12.0. The topological polar surface area (TPSA) is 55.2 Å². The normalized spacial score (nSPS) is 10.2. The molecular formula is C10H14N2O2S. The van der Waals surface area contributed by atoms with Crippen LogP contribution in [0.2, 0.25) is 0 Å². The molecule has 0 spiro atoms. The lowest BCUT2D eigenvalue weighted by Gasteiger charge is -2.03. The molecule has 82 valence electrons. The SMILES string of the molecule is CSCCNCc1ccc([N+](=O)[O-])cc1. The van der Waals surface area contributed by atoms with E-state index in [1.807, 2.05) is 0 Å². The fourth-order valence-corrected chi connectivity index (χ4v) is 1.49. The van der Waals surface area contributed by atoms with Crippen LogP contribution in [0, 0.1) is 10.1 Å². The lowest BCUT2D eigenvalue weighted by atomic mass is 10.2. The maximum absolute atomic E-state index is 10.4. The van der Waals surface area contributed by atoms with Gasteiger partial charge in [0, 0.05) is 31.0 Å². The molecule has 0 heterocycles. The molecule has 0 aliphatic heterocycles. The largest absolute Gasteiger partial charge is 0.312 e. The van der Waals surface area contributed by atoms with Crippen molar-refractivity contribution in [2.45, 2.75) is 6.54 Å². The quantitative estimate of drug-likeness (QED) is 0.458. The molecular weight excluding hydrogens is 212 g/mol.